The average Bonchev–Trinajstić information content (AvgIpc) is 2.74. The summed E-state index contributed by atoms with van der Waals surface area (Å²) in [6.07, 6.45) is 0. The minimum Gasteiger partial charge on any atom is -0.478 e. The van der Waals surface area contributed by atoms with Crippen molar-refractivity contribution in [3.8, 4) is 0 Å². The summed E-state index contributed by atoms with van der Waals surface area (Å²) in [5.41, 5.74) is 1.31. The van der Waals surface area contributed by atoms with Gasteiger partial charge in [0.25, 0.3) is 0 Å². The van der Waals surface area contributed by atoms with Gasteiger partial charge in [-0.1, -0.05) is 39.3 Å². The van der Waals surface area contributed by atoms with Crippen LogP contribution in [0.2, 0.25) is 0 Å². The van der Waals surface area contributed by atoms with Crippen molar-refractivity contribution in [2.45, 2.75) is 40.7 Å². The number of carbonyl (C=O) groups is 2. The molecule has 0 aliphatic heterocycles. The monoisotopic (exact) mass is 290 g/mol. The number of hydrogen-bond donors (Lipinski definition) is 3. The summed E-state index contributed by atoms with van der Waals surface area (Å²) in [7, 11) is 0. The van der Waals surface area contributed by atoms with E-state index in [0.717, 1.165) is 5.56 Å². The standard InChI is InChI=1S/C16H22N2O3/c1-9-6-7-11(10(8-9)12(19)20)17-14(21)18-13-15(2,3)16(13,4)5/h6-8,13H,1-5H3,(H,19,20)(H2,17,18,21). The highest BCUT2D eigenvalue weighted by atomic mass is 16.4. The van der Waals surface area contributed by atoms with E-state index in [0.29, 0.717) is 5.69 Å². The quantitative estimate of drug-likeness (QED) is 0.799. The van der Waals surface area contributed by atoms with Crippen LogP contribution in [0.1, 0.15) is 43.6 Å². The van der Waals surface area contributed by atoms with Gasteiger partial charge >= 0.3 is 12.0 Å². The molecule has 1 aliphatic carbocycles. The maximum absolute atomic E-state index is 12.1. The smallest absolute Gasteiger partial charge is 0.337 e. The van der Waals surface area contributed by atoms with Crippen molar-refractivity contribution in [1.82, 2.24) is 5.32 Å². The van der Waals surface area contributed by atoms with Crippen LogP contribution in [0.25, 0.3) is 0 Å². The number of hydrogen-bond acceptors (Lipinski definition) is 2. The van der Waals surface area contributed by atoms with E-state index in [4.69, 9.17) is 0 Å². The summed E-state index contributed by atoms with van der Waals surface area (Å²) in [6, 6.07) is 4.63. The number of urea groups is 1. The Hall–Kier alpha value is -2.04. The van der Waals surface area contributed by atoms with Gasteiger partial charge in [0.15, 0.2) is 0 Å². The van der Waals surface area contributed by atoms with E-state index < -0.39 is 5.97 Å². The minimum absolute atomic E-state index is 0.0350. The number of aryl methyl sites for hydroxylation is 1. The first-order valence-electron chi connectivity index (χ1n) is 6.99. The number of amides is 2. The van der Waals surface area contributed by atoms with E-state index >= 15 is 0 Å². The molecule has 0 aromatic heterocycles. The fourth-order valence-corrected chi connectivity index (χ4v) is 2.79. The molecule has 114 valence electrons. The molecule has 5 nitrogen and oxygen atoms in total. The molecule has 1 aromatic carbocycles. The van der Waals surface area contributed by atoms with Crippen molar-refractivity contribution in [3.63, 3.8) is 0 Å². The molecule has 0 spiro atoms. The summed E-state index contributed by atoms with van der Waals surface area (Å²) >= 11 is 0. The number of aromatic carboxylic acids is 1. The molecule has 0 radical (unpaired) electrons. The number of nitrogens with one attached hydrogen (secondary N) is 2. The van der Waals surface area contributed by atoms with Crippen LogP contribution < -0.4 is 10.6 Å². The van der Waals surface area contributed by atoms with Gasteiger partial charge in [0.05, 0.1) is 11.3 Å². The van der Waals surface area contributed by atoms with Crippen molar-refractivity contribution in [1.29, 1.82) is 0 Å². The SMILES string of the molecule is Cc1ccc(NC(=O)NC2C(C)(C)C2(C)C)c(C(=O)O)c1. The zero-order valence-electron chi connectivity index (χ0n) is 13.1. The first-order chi connectivity index (χ1) is 9.57. The van der Waals surface area contributed by atoms with Gasteiger partial charge < -0.3 is 15.7 Å². The average molecular weight is 290 g/mol. The fourth-order valence-electron chi connectivity index (χ4n) is 2.79. The third-order valence-electron chi connectivity index (χ3n) is 4.95. The normalized spacial score (nSPS) is 18.9. The van der Waals surface area contributed by atoms with Crippen LogP contribution in [0.15, 0.2) is 18.2 Å². The van der Waals surface area contributed by atoms with E-state index in [-0.39, 0.29) is 28.5 Å². The first-order valence-corrected chi connectivity index (χ1v) is 6.99. The lowest BCUT2D eigenvalue weighted by Gasteiger charge is -2.11. The number of carboxylic acid groups (broad SMARTS) is 1. The molecule has 3 N–H and O–H groups in total. The molecule has 2 amide bonds. The minimum atomic E-state index is -1.05. The van der Waals surface area contributed by atoms with E-state index in [1.54, 1.807) is 18.2 Å². The van der Waals surface area contributed by atoms with E-state index in [1.165, 1.54) is 0 Å². The zero-order chi connectivity index (χ0) is 16.0. The number of benzene rings is 1. The lowest BCUT2D eigenvalue weighted by molar-refractivity contribution is 0.0698. The van der Waals surface area contributed by atoms with Gasteiger partial charge in [-0.3, -0.25) is 0 Å². The lowest BCUT2D eigenvalue weighted by atomic mass is 10.0. The molecule has 1 aliphatic rings. The van der Waals surface area contributed by atoms with Crippen molar-refractivity contribution in [2.75, 3.05) is 5.32 Å². The van der Waals surface area contributed by atoms with Crippen LogP contribution in [0.3, 0.4) is 0 Å². The zero-order valence-corrected chi connectivity index (χ0v) is 13.1. The summed E-state index contributed by atoms with van der Waals surface area (Å²) in [5.74, 6) is -1.05. The molecule has 0 bridgehead atoms. The van der Waals surface area contributed by atoms with Gasteiger partial charge in [-0.25, -0.2) is 9.59 Å². The van der Waals surface area contributed by atoms with E-state index in [1.807, 2.05) is 6.92 Å². The maximum Gasteiger partial charge on any atom is 0.337 e. The fraction of sp³-hybridized carbons (Fsp3) is 0.500. The van der Waals surface area contributed by atoms with Gasteiger partial charge in [-0.05, 0) is 29.9 Å². The molecule has 21 heavy (non-hydrogen) atoms. The molecule has 2 rings (SSSR count). The predicted molar refractivity (Wildman–Crippen MR) is 81.6 cm³/mol. The van der Waals surface area contributed by atoms with Crippen LogP contribution in [-0.4, -0.2) is 23.1 Å². The Morgan fingerprint density at radius 2 is 1.71 bits per heavy atom. The molecule has 0 atom stereocenters. The molecule has 0 saturated heterocycles. The van der Waals surface area contributed by atoms with E-state index in [2.05, 4.69) is 38.3 Å². The van der Waals surface area contributed by atoms with Crippen molar-refractivity contribution < 1.29 is 14.7 Å². The van der Waals surface area contributed by atoms with Gasteiger partial charge in [0, 0.05) is 6.04 Å². The Bertz CT molecular complexity index is 592. The highest BCUT2D eigenvalue weighted by Gasteiger charge is 2.65. The molecule has 5 heteroatoms. The third-order valence-corrected chi connectivity index (χ3v) is 4.95. The first kappa shape index (κ1) is 15.4. The molecule has 1 fully saturated rings. The number of anilines is 1. The van der Waals surface area contributed by atoms with Crippen molar-refractivity contribution in [3.05, 3.63) is 29.3 Å². The van der Waals surface area contributed by atoms with Crippen LogP contribution in [0, 0.1) is 17.8 Å². The predicted octanol–water partition coefficient (Wildman–Crippen LogP) is 3.25. The Labute approximate surface area is 124 Å². The second-order valence-corrected chi connectivity index (χ2v) is 6.83. The molecule has 1 aromatic rings. The van der Waals surface area contributed by atoms with Crippen LogP contribution in [0.4, 0.5) is 10.5 Å². The Morgan fingerprint density at radius 1 is 1.14 bits per heavy atom. The molecule has 0 heterocycles. The molecular weight excluding hydrogens is 268 g/mol. The maximum atomic E-state index is 12.1. The van der Waals surface area contributed by atoms with Gasteiger partial charge in [-0.2, -0.15) is 0 Å². The second-order valence-electron chi connectivity index (χ2n) is 6.83. The summed E-state index contributed by atoms with van der Waals surface area (Å²) in [4.78, 5) is 23.3. The van der Waals surface area contributed by atoms with Crippen LogP contribution in [0.5, 0.6) is 0 Å². The van der Waals surface area contributed by atoms with Gasteiger partial charge in [0.2, 0.25) is 0 Å². The van der Waals surface area contributed by atoms with Crippen LogP contribution >= 0.6 is 0 Å². The third kappa shape index (κ3) is 2.60. The molecular formula is C16H22N2O3. The summed E-state index contributed by atoms with van der Waals surface area (Å²) < 4.78 is 0. The summed E-state index contributed by atoms with van der Waals surface area (Å²) in [6.45, 7) is 10.2. The highest BCUT2D eigenvalue weighted by Crippen LogP contribution is 2.62. The van der Waals surface area contributed by atoms with Crippen molar-refractivity contribution >= 4 is 17.7 Å². The second kappa shape index (κ2) is 4.76. The largest absolute Gasteiger partial charge is 0.478 e. The van der Waals surface area contributed by atoms with Crippen LogP contribution in [-0.2, 0) is 0 Å². The van der Waals surface area contributed by atoms with Crippen molar-refractivity contribution in [2.24, 2.45) is 10.8 Å². The Morgan fingerprint density at radius 3 is 2.19 bits per heavy atom. The Kier molecular flexibility index (Phi) is 3.48. The van der Waals surface area contributed by atoms with Gasteiger partial charge in [0.1, 0.15) is 0 Å². The molecule has 0 unspecified atom stereocenters. The highest BCUT2D eigenvalue weighted by molar-refractivity contribution is 6.00. The number of carboxylic acids is 1. The molecule has 1 saturated carbocycles. The van der Waals surface area contributed by atoms with Gasteiger partial charge in [-0.15, -0.1) is 0 Å². The summed E-state index contributed by atoms with van der Waals surface area (Å²) in [5, 5.41) is 14.7. The lowest BCUT2D eigenvalue weighted by Crippen LogP contribution is -2.34. The topological polar surface area (TPSA) is 78.4 Å². The van der Waals surface area contributed by atoms with E-state index in [9.17, 15) is 14.7 Å². The number of carbonyl (C=O) groups excluding carboxylic acids is 1. The number of rotatable bonds is 3. The Balaban J connectivity index is 2.10.